The molecule has 1 heteroatoms. The Hall–Kier alpha value is 0.688. The van der Waals surface area contributed by atoms with Crippen molar-refractivity contribution in [1.29, 1.82) is 0 Å². The molecule has 0 bridgehead atoms. The molecule has 0 heterocycles. The van der Waals surface area contributed by atoms with E-state index in [2.05, 4.69) is 0 Å². The maximum absolute atomic E-state index is 1.50. The maximum Gasteiger partial charge on any atom is 0 e. The molecule has 0 aromatic heterocycles. The molecule has 0 unspecified atom stereocenters. The standard InChI is InChI=1S/C4H8.CH4.W/c1-2-4-3-1;;/h1-4H2;1H4;. The Balaban J connectivity index is 0. The van der Waals surface area contributed by atoms with Gasteiger partial charge in [0, 0.05) is 21.1 Å². The van der Waals surface area contributed by atoms with Crippen molar-refractivity contribution in [3.05, 3.63) is 0 Å². The summed E-state index contributed by atoms with van der Waals surface area (Å²) in [5.41, 5.74) is 0. The van der Waals surface area contributed by atoms with Crippen molar-refractivity contribution in [2.24, 2.45) is 0 Å². The molecule has 1 aliphatic rings. The van der Waals surface area contributed by atoms with Crippen LogP contribution in [0, 0.1) is 0 Å². The van der Waals surface area contributed by atoms with E-state index in [1.165, 1.54) is 25.7 Å². The zero-order valence-electron chi connectivity index (χ0n) is 3.24. The molecule has 0 atom stereocenters. The number of rotatable bonds is 0. The molecule has 0 amide bonds. The third kappa shape index (κ3) is 2.90. The van der Waals surface area contributed by atoms with Gasteiger partial charge in [-0.2, -0.15) is 0 Å². The summed E-state index contributed by atoms with van der Waals surface area (Å²) in [6.45, 7) is 0. The average molecular weight is 256 g/mol. The van der Waals surface area contributed by atoms with Gasteiger partial charge < -0.3 is 0 Å². The molecule has 0 spiro atoms. The molecular formula is C5H12W. The molecule has 6 heavy (non-hydrogen) atoms. The van der Waals surface area contributed by atoms with Crippen LogP contribution in [0.3, 0.4) is 0 Å². The second-order valence-electron chi connectivity index (χ2n) is 1.41. The molecule has 38 valence electrons. The van der Waals surface area contributed by atoms with Crippen LogP contribution in [0.1, 0.15) is 33.1 Å². The predicted octanol–water partition coefficient (Wildman–Crippen LogP) is 2.19. The van der Waals surface area contributed by atoms with Crippen LogP contribution in [-0.4, -0.2) is 0 Å². The molecular weight excluding hydrogens is 244 g/mol. The van der Waals surface area contributed by atoms with Gasteiger partial charge in [-0.3, -0.25) is 0 Å². The van der Waals surface area contributed by atoms with Crippen LogP contribution >= 0.6 is 0 Å². The van der Waals surface area contributed by atoms with E-state index in [1.807, 2.05) is 0 Å². The SMILES string of the molecule is C.C1CCC1.[W]. The van der Waals surface area contributed by atoms with Crippen LogP contribution in [0.4, 0.5) is 0 Å². The largest absolute Gasteiger partial charge is 0.0776 e. The Morgan fingerprint density at radius 3 is 0.833 bits per heavy atom. The summed E-state index contributed by atoms with van der Waals surface area (Å²) < 4.78 is 0. The van der Waals surface area contributed by atoms with Crippen LogP contribution < -0.4 is 0 Å². The fourth-order valence-electron chi connectivity index (χ4n) is 0.250. The zero-order chi connectivity index (χ0) is 2.83. The quantitative estimate of drug-likeness (QED) is 0.623. The van der Waals surface area contributed by atoms with Gasteiger partial charge in [0.05, 0.1) is 0 Å². The summed E-state index contributed by atoms with van der Waals surface area (Å²) in [6, 6.07) is 0. The second kappa shape index (κ2) is 5.69. The van der Waals surface area contributed by atoms with Crippen molar-refractivity contribution in [3.8, 4) is 0 Å². The molecule has 0 N–H and O–H groups in total. The van der Waals surface area contributed by atoms with Crippen LogP contribution in [0.2, 0.25) is 0 Å². The molecule has 1 fully saturated rings. The summed E-state index contributed by atoms with van der Waals surface area (Å²) in [4.78, 5) is 0. The first-order valence-electron chi connectivity index (χ1n) is 2.00. The first kappa shape index (κ1) is 9.85. The third-order valence-corrected chi connectivity index (χ3v) is 1.000. The molecule has 0 aromatic carbocycles. The van der Waals surface area contributed by atoms with Crippen molar-refractivity contribution >= 4 is 0 Å². The fourth-order valence-corrected chi connectivity index (χ4v) is 0.250. The molecule has 0 saturated heterocycles. The van der Waals surface area contributed by atoms with Crippen molar-refractivity contribution in [1.82, 2.24) is 0 Å². The maximum atomic E-state index is 1.50. The molecule has 1 rings (SSSR count). The Labute approximate surface area is 54.6 Å². The normalized spacial score (nSPS) is 16.0. The van der Waals surface area contributed by atoms with Crippen molar-refractivity contribution in [3.63, 3.8) is 0 Å². The van der Waals surface area contributed by atoms with Crippen LogP contribution in [0.15, 0.2) is 0 Å². The van der Waals surface area contributed by atoms with Gasteiger partial charge in [-0.1, -0.05) is 33.1 Å². The minimum absolute atomic E-state index is 0. The van der Waals surface area contributed by atoms with E-state index in [0.29, 0.717) is 0 Å². The van der Waals surface area contributed by atoms with Crippen LogP contribution in [0.25, 0.3) is 0 Å². The second-order valence-corrected chi connectivity index (χ2v) is 1.41. The van der Waals surface area contributed by atoms with Gasteiger partial charge >= 0.3 is 0 Å². The Morgan fingerprint density at radius 1 is 0.667 bits per heavy atom. The van der Waals surface area contributed by atoms with Gasteiger partial charge in [0.2, 0.25) is 0 Å². The summed E-state index contributed by atoms with van der Waals surface area (Å²) in [6.07, 6.45) is 6.00. The van der Waals surface area contributed by atoms with Gasteiger partial charge in [0.15, 0.2) is 0 Å². The van der Waals surface area contributed by atoms with Gasteiger partial charge in [-0.05, 0) is 0 Å². The smallest absolute Gasteiger partial charge is 0 e. The summed E-state index contributed by atoms with van der Waals surface area (Å²) in [5, 5.41) is 0. The first-order valence-corrected chi connectivity index (χ1v) is 2.00. The Bertz CT molecular complexity index is 11.9. The first-order chi connectivity index (χ1) is 2.00. The van der Waals surface area contributed by atoms with E-state index in [-0.39, 0.29) is 28.5 Å². The summed E-state index contributed by atoms with van der Waals surface area (Å²) in [7, 11) is 0. The monoisotopic (exact) mass is 256 g/mol. The van der Waals surface area contributed by atoms with Crippen molar-refractivity contribution < 1.29 is 21.1 Å². The Kier molecular flexibility index (Phi) is 9.33. The van der Waals surface area contributed by atoms with E-state index in [4.69, 9.17) is 0 Å². The topological polar surface area (TPSA) is 0 Å². The summed E-state index contributed by atoms with van der Waals surface area (Å²) in [5.74, 6) is 0. The zero-order valence-corrected chi connectivity index (χ0v) is 6.17. The molecule has 0 aromatic rings. The minimum atomic E-state index is 0. The fraction of sp³-hybridized carbons (Fsp3) is 1.00. The number of hydrogen-bond donors (Lipinski definition) is 0. The average Bonchev–Trinajstić information content (AvgIpc) is 0.722. The van der Waals surface area contributed by atoms with Crippen molar-refractivity contribution in [2.75, 3.05) is 0 Å². The molecule has 1 saturated carbocycles. The van der Waals surface area contributed by atoms with Gasteiger partial charge in [-0.25, -0.2) is 0 Å². The van der Waals surface area contributed by atoms with Crippen LogP contribution in [-0.2, 0) is 21.1 Å². The number of hydrogen-bond acceptors (Lipinski definition) is 0. The van der Waals surface area contributed by atoms with E-state index in [9.17, 15) is 0 Å². The predicted molar refractivity (Wildman–Crippen MR) is 25.2 cm³/mol. The molecule has 0 radical (unpaired) electrons. The van der Waals surface area contributed by atoms with Crippen molar-refractivity contribution in [2.45, 2.75) is 33.1 Å². The molecule has 1 aliphatic carbocycles. The third-order valence-electron chi connectivity index (χ3n) is 1.000. The minimum Gasteiger partial charge on any atom is -0.0776 e. The van der Waals surface area contributed by atoms with Gasteiger partial charge in [-0.15, -0.1) is 0 Å². The Morgan fingerprint density at radius 2 is 0.833 bits per heavy atom. The summed E-state index contributed by atoms with van der Waals surface area (Å²) >= 11 is 0. The van der Waals surface area contributed by atoms with Crippen LogP contribution in [0.5, 0.6) is 0 Å². The molecule has 0 nitrogen and oxygen atoms in total. The van der Waals surface area contributed by atoms with Gasteiger partial charge in [0.1, 0.15) is 0 Å². The van der Waals surface area contributed by atoms with E-state index < -0.39 is 0 Å². The van der Waals surface area contributed by atoms with E-state index in [0.717, 1.165) is 0 Å². The van der Waals surface area contributed by atoms with E-state index >= 15 is 0 Å². The van der Waals surface area contributed by atoms with Gasteiger partial charge in [0.25, 0.3) is 0 Å². The molecule has 0 aliphatic heterocycles. The van der Waals surface area contributed by atoms with E-state index in [1.54, 1.807) is 0 Å².